The number of anilines is 2. The number of methoxy groups -OCH3 is 1. The van der Waals surface area contributed by atoms with Crippen LogP contribution in [0.3, 0.4) is 0 Å². The monoisotopic (exact) mass is 434 g/mol. The van der Waals surface area contributed by atoms with E-state index >= 15 is 0 Å². The Balaban J connectivity index is 1.38. The second kappa shape index (κ2) is 9.85. The molecule has 7 nitrogen and oxygen atoms in total. The molecule has 3 N–H and O–H groups in total. The van der Waals surface area contributed by atoms with E-state index in [0.29, 0.717) is 17.0 Å². The molecule has 168 valence electrons. The number of nitrogen functional groups attached to an aromatic ring is 1. The lowest BCUT2D eigenvalue weighted by Crippen LogP contribution is -2.41. The fourth-order valence-corrected chi connectivity index (χ4v) is 4.52. The number of nitrogens with one attached hydrogen (secondary N) is 1. The van der Waals surface area contributed by atoms with Crippen molar-refractivity contribution < 1.29 is 14.3 Å². The fourth-order valence-electron chi connectivity index (χ4n) is 4.52. The standard InChI is InChI=1S/C25H30N4O3/c1-32-22-10-6-5-9-21(22)28-24(30)19-11-12-20(27-23(19)26)17-13-15-29(16-14-17)25(31)18-7-3-2-4-8-18/h2-3,5-6,9-12,17-18H,4,7-8,13-16H2,1H3,(H2,26,27)(H,28,30)/t18-/m0/s1. The minimum atomic E-state index is -0.326. The summed E-state index contributed by atoms with van der Waals surface area (Å²) in [6, 6.07) is 10.8. The molecule has 1 aromatic carbocycles. The summed E-state index contributed by atoms with van der Waals surface area (Å²) in [6.45, 7) is 1.47. The van der Waals surface area contributed by atoms with E-state index in [2.05, 4.69) is 22.5 Å². The van der Waals surface area contributed by atoms with Crippen LogP contribution in [0.5, 0.6) is 5.75 Å². The molecular weight excluding hydrogens is 404 g/mol. The molecule has 2 amide bonds. The number of ether oxygens (including phenoxy) is 1. The van der Waals surface area contributed by atoms with Crippen LogP contribution in [-0.4, -0.2) is 41.9 Å². The lowest BCUT2D eigenvalue weighted by atomic mass is 9.89. The zero-order valence-corrected chi connectivity index (χ0v) is 18.4. The summed E-state index contributed by atoms with van der Waals surface area (Å²) in [7, 11) is 1.56. The highest BCUT2D eigenvalue weighted by molar-refractivity contribution is 6.07. The summed E-state index contributed by atoms with van der Waals surface area (Å²) in [6.07, 6.45) is 8.79. The molecule has 2 aromatic rings. The van der Waals surface area contributed by atoms with Crippen LogP contribution >= 0.6 is 0 Å². The molecule has 2 heterocycles. The fraction of sp³-hybridized carbons (Fsp3) is 0.400. The smallest absolute Gasteiger partial charge is 0.259 e. The number of para-hydroxylation sites is 2. The number of carbonyl (C=O) groups is 2. The number of nitrogens with two attached hydrogens (primary N) is 1. The van der Waals surface area contributed by atoms with Crippen LogP contribution in [0.25, 0.3) is 0 Å². The summed E-state index contributed by atoms with van der Waals surface area (Å²) in [5.74, 6) is 1.11. The SMILES string of the molecule is COc1ccccc1NC(=O)c1ccc(C2CCN(C(=O)[C@H]3CC=CCC3)CC2)nc1N. The Morgan fingerprint density at radius 3 is 2.56 bits per heavy atom. The summed E-state index contributed by atoms with van der Waals surface area (Å²) in [5.41, 5.74) is 7.94. The average Bonchev–Trinajstić information content (AvgIpc) is 2.84. The number of piperidine rings is 1. The molecular formula is C25H30N4O3. The van der Waals surface area contributed by atoms with Crippen LogP contribution in [0.4, 0.5) is 11.5 Å². The maximum atomic E-state index is 12.8. The van der Waals surface area contributed by atoms with Gasteiger partial charge in [0, 0.05) is 30.6 Å². The molecule has 1 aliphatic heterocycles. The number of hydrogen-bond donors (Lipinski definition) is 2. The zero-order chi connectivity index (χ0) is 22.5. The number of carbonyl (C=O) groups excluding carboxylic acids is 2. The Morgan fingerprint density at radius 2 is 1.88 bits per heavy atom. The predicted molar refractivity (Wildman–Crippen MR) is 125 cm³/mol. The van der Waals surface area contributed by atoms with Gasteiger partial charge >= 0.3 is 0 Å². The molecule has 0 saturated carbocycles. The van der Waals surface area contributed by atoms with Gasteiger partial charge in [-0.15, -0.1) is 0 Å². The van der Waals surface area contributed by atoms with Crippen molar-refractivity contribution in [2.45, 2.75) is 38.0 Å². The van der Waals surface area contributed by atoms with Gasteiger partial charge in [0.15, 0.2) is 0 Å². The molecule has 0 bridgehead atoms. The number of aromatic nitrogens is 1. The molecule has 0 spiro atoms. The molecule has 32 heavy (non-hydrogen) atoms. The normalized spacial score (nSPS) is 18.9. The molecule has 4 rings (SSSR count). The first-order valence-corrected chi connectivity index (χ1v) is 11.2. The van der Waals surface area contributed by atoms with Crippen LogP contribution in [0.2, 0.25) is 0 Å². The van der Waals surface area contributed by atoms with Gasteiger partial charge in [-0.25, -0.2) is 4.98 Å². The maximum Gasteiger partial charge on any atom is 0.259 e. The van der Waals surface area contributed by atoms with E-state index in [1.165, 1.54) is 0 Å². The van der Waals surface area contributed by atoms with Crippen LogP contribution in [-0.2, 0) is 4.79 Å². The van der Waals surface area contributed by atoms with Gasteiger partial charge in [0.25, 0.3) is 5.91 Å². The number of benzene rings is 1. The Hall–Kier alpha value is -3.35. The van der Waals surface area contributed by atoms with E-state index in [0.717, 1.165) is 50.9 Å². The van der Waals surface area contributed by atoms with Crippen molar-refractivity contribution >= 4 is 23.3 Å². The van der Waals surface area contributed by atoms with Gasteiger partial charge in [-0.05, 0) is 56.4 Å². The van der Waals surface area contributed by atoms with Crippen LogP contribution in [0, 0.1) is 5.92 Å². The number of allylic oxidation sites excluding steroid dienone is 2. The van der Waals surface area contributed by atoms with E-state index in [9.17, 15) is 9.59 Å². The average molecular weight is 435 g/mol. The molecule has 1 atom stereocenters. The van der Waals surface area contributed by atoms with Crippen molar-refractivity contribution in [3.8, 4) is 5.75 Å². The van der Waals surface area contributed by atoms with Crippen LogP contribution < -0.4 is 15.8 Å². The van der Waals surface area contributed by atoms with Crippen molar-refractivity contribution in [3.05, 3.63) is 59.8 Å². The largest absolute Gasteiger partial charge is 0.495 e. The first-order valence-electron chi connectivity index (χ1n) is 11.2. The molecule has 7 heteroatoms. The van der Waals surface area contributed by atoms with Gasteiger partial charge in [-0.1, -0.05) is 24.3 Å². The topological polar surface area (TPSA) is 97.5 Å². The van der Waals surface area contributed by atoms with Gasteiger partial charge in [0.2, 0.25) is 5.91 Å². The number of hydrogen-bond acceptors (Lipinski definition) is 5. The Morgan fingerprint density at radius 1 is 1.09 bits per heavy atom. The Labute approximate surface area is 188 Å². The second-order valence-electron chi connectivity index (χ2n) is 8.40. The molecule has 1 aliphatic carbocycles. The Kier molecular flexibility index (Phi) is 6.73. The quantitative estimate of drug-likeness (QED) is 0.694. The second-order valence-corrected chi connectivity index (χ2v) is 8.40. The predicted octanol–water partition coefficient (Wildman–Crippen LogP) is 3.99. The van der Waals surface area contributed by atoms with Gasteiger partial charge < -0.3 is 20.7 Å². The maximum absolute atomic E-state index is 12.8. The summed E-state index contributed by atoms with van der Waals surface area (Å²) in [5, 5.41) is 2.83. The summed E-state index contributed by atoms with van der Waals surface area (Å²) >= 11 is 0. The van der Waals surface area contributed by atoms with E-state index in [1.54, 1.807) is 25.3 Å². The third-order valence-corrected chi connectivity index (χ3v) is 6.39. The lowest BCUT2D eigenvalue weighted by molar-refractivity contribution is -0.136. The minimum absolute atomic E-state index is 0.131. The minimum Gasteiger partial charge on any atom is -0.495 e. The van der Waals surface area contributed by atoms with Gasteiger partial charge in [0.1, 0.15) is 11.6 Å². The number of rotatable bonds is 5. The van der Waals surface area contributed by atoms with Crippen LogP contribution in [0.15, 0.2) is 48.6 Å². The van der Waals surface area contributed by atoms with E-state index in [-0.39, 0.29) is 29.5 Å². The van der Waals surface area contributed by atoms with E-state index < -0.39 is 0 Å². The molecule has 1 aromatic heterocycles. The highest BCUT2D eigenvalue weighted by Gasteiger charge is 2.29. The van der Waals surface area contributed by atoms with Crippen molar-refractivity contribution in [3.63, 3.8) is 0 Å². The number of pyridine rings is 1. The molecule has 0 unspecified atom stereocenters. The van der Waals surface area contributed by atoms with Crippen molar-refractivity contribution in [1.82, 2.24) is 9.88 Å². The van der Waals surface area contributed by atoms with Crippen molar-refractivity contribution in [1.29, 1.82) is 0 Å². The lowest BCUT2D eigenvalue weighted by Gasteiger charge is -2.34. The summed E-state index contributed by atoms with van der Waals surface area (Å²) in [4.78, 5) is 32.0. The molecule has 0 radical (unpaired) electrons. The number of nitrogens with zero attached hydrogens (tertiary/aromatic N) is 2. The first-order chi connectivity index (χ1) is 15.6. The highest BCUT2D eigenvalue weighted by Crippen LogP contribution is 2.31. The van der Waals surface area contributed by atoms with E-state index in [4.69, 9.17) is 10.5 Å². The van der Waals surface area contributed by atoms with E-state index in [1.807, 2.05) is 23.1 Å². The van der Waals surface area contributed by atoms with Gasteiger partial charge in [-0.2, -0.15) is 0 Å². The van der Waals surface area contributed by atoms with Crippen LogP contribution in [0.1, 0.15) is 54.1 Å². The molecule has 1 fully saturated rings. The van der Waals surface area contributed by atoms with Crippen molar-refractivity contribution in [2.75, 3.05) is 31.2 Å². The number of likely N-dealkylation sites (tertiary alicyclic amines) is 1. The van der Waals surface area contributed by atoms with Gasteiger partial charge in [-0.3, -0.25) is 9.59 Å². The Bertz CT molecular complexity index is 1010. The zero-order valence-electron chi connectivity index (χ0n) is 18.4. The highest BCUT2D eigenvalue weighted by atomic mass is 16.5. The third-order valence-electron chi connectivity index (χ3n) is 6.39. The molecule has 1 saturated heterocycles. The van der Waals surface area contributed by atoms with Crippen molar-refractivity contribution in [2.24, 2.45) is 5.92 Å². The first kappa shape index (κ1) is 21.9. The molecule has 2 aliphatic rings. The van der Waals surface area contributed by atoms with Gasteiger partial charge in [0.05, 0.1) is 18.4 Å². The third kappa shape index (κ3) is 4.77. The number of amides is 2. The summed E-state index contributed by atoms with van der Waals surface area (Å²) < 4.78 is 5.28.